The van der Waals surface area contributed by atoms with Gasteiger partial charge in [0.05, 0.1) is 5.69 Å². The standard InChI is InChI=1S/C8H11N3OS.ClH/c1-11-3-2-6-5(4-11)10-8(13-6)7(9)12;/h2-4H2,1H3,(H2,9,12);1H. The highest BCUT2D eigenvalue weighted by Gasteiger charge is 2.19. The summed E-state index contributed by atoms with van der Waals surface area (Å²) in [5.41, 5.74) is 6.18. The molecule has 6 heteroatoms. The molecule has 0 radical (unpaired) electrons. The van der Waals surface area contributed by atoms with Crippen LogP contribution in [-0.4, -0.2) is 29.4 Å². The monoisotopic (exact) mass is 233 g/mol. The number of carbonyl (C=O) groups is 1. The van der Waals surface area contributed by atoms with E-state index in [1.807, 2.05) is 7.05 Å². The normalized spacial score (nSPS) is 15.8. The van der Waals surface area contributed by atoms with Crippen molar-refractivity contribution in [3.63, 3.8) is 0 Å². The van der Waals surface area contributed by atoms with Gasteiger partial charge in [0.15, 0.2) is 5.01 Å². The Labute approximate surface area is 92.5 Å². The molecule has 1 amide bonds. The number of fused-ring (bicyclic) bond motifs is 1. The van der Waals surface area contributed by atoms with Gasteiger partial charge in [-0.1, -0.05) is 0 Å². The highest BCUT2D eigenvalue weighted by Crippen LogP contribution is 2.23. The Morgan fingerprint density at radius 1 is 1.64 bits per heavy atom. The Balaban J connectivity index is 0.000000980. The minimum atomic E-state index is -0.415. The van der Waals surface area contributed by atoms with Crippen LogP contribution >= 0.6 is 23.7 Å². The largest absolute Gasteiger partial charge is 0.364 e. The van der Waals surface area contributed by atoms with Gasteiger partial charge in [-0.05, 0) is 13.5 Å². The maximum atomic E-state index is 10.9. The first kappa shape index (κ1) is 11.4. The van der Waals surface area contributed by atoms with Gasteiger partial charge in [0, 0.05) is 18.0 Å². The summed E-state index contributed by atoms with van der Waals surface area (Å²) < 4.78 is 0. The Morgan fingerprint density at radius 3 is 3.00 bits per heavy atom. The lowest BCUT2D eigenvalue weighted by Crippen LogP contribution is -2.25. The van der Waals surface area contributed by atoms with Crippen LogP contribution in [0.2, 0.25) is 0 Å². The van der Waals surface area contributed by atoms with Crippen molar-refractivity contribution in [2.24, 2.45) is 5.73 Å². The van der Waals surface area contributed by atoms with Crippen molar-refractivity contribution in [2.75, 3.05) is 13.6 Å². The molecule has 0 fully saturated rings. The van der Waals surface area contributed by atoms with Crippen molar-refractivity contribution in [3.8, 4) is 0 Å². The molecule has 0 bridgehead atoms. The van der Waals surface area contributed by atoms with Crippen LogP contribution in [0.4, 0.5) is 0 Å². The van der Waals surface area contributed by atoms with E-state index in [0.717, 1.165) is 25.2 Å². The van der Waals surface area contributed by atoms with Crippen molar-refractivity contribution in [2.45, 2.75) is 13.0 Å². The van der Waals surface area contributed by atoms with E-state index in [1.54, 1.807) is 0 Å². The minimum Gasteiger partial charge on any atom is -0.364 e. The zero-order valence-corrected chi connectivity index (χ0v) is 9.45. The molecule has 0 saturated carbocycles. The third-order valence-corrected chi connectivity index (χ3v) is 3.30. The molecule has 2 N–H and O–H groups in total. The zero-order chi connectivity index (χ0) is 9.42. The predicted octanol–water partition coefficient (Wildman–Crippen LogP) is 0.652. The number of halogens is 1. The Morgan fingerprint density at radius 2 is 2.36 bits per heavy atom. The van der Waals surface area contributed by atoms with Crippen LogP contribution < -0.4 is 5.73 Å². The lowest BCUT2D eigenvalue weighted by molar-refractivity contribution is 0.0999. The van der Waals surface area contributed by atoms with Crippen molar-refractivity contribution >= 4 is 29.7 Å². The van der Waals surface area contributed by atoms with Crippen LogP contribution in [0.3, 0.4) is 0 Å². The molecular weight excluding hydrogens is 222 g/mol. The van der Waals surface area contributed by atoms with Crippen LogP contribution in [0.5, 0.6) is 0 Å². The van der Waals surface area contributed by atoms with Crippen molar-refractivity contribution in [3.05, 3.63) is 15.6 Å². The topological polar surface area (TPSA) is 59.2 Å². The molecule has 0 saturated heterocycles. The van der Waals surface area contributed by atoms with E-state index < -0.39 is 5.91 Å². The summed E-state index contributed by atoms with van der Waals surface area (Å²) in [7, 11) is 2.05. The second-order valence-corrected chi connectivity index (χ2v) is 4.32. The number of amides is 1. The fourth-order valence-electron chi connectivity index (χ4n) is 1.43. The molecular formula is C8H12ClN3OS. The first-order valence-electron chi connectivity index (χ1n) is 4.14. The van der Waals surface area contributed by atoms with Crippen molar-refractivity contribution in [1.29, 1.82) is 0 Å². The molecule has 1 aromatic rings. The molecule has 0 spiro atoms. The van der Waals surface area contributed by atoms with Gasteiger partial charge in [0.25, 0.3) is 5.91 Å². The van der Waals surface area contributed by atoms with Crippen LogP contribution in [0, 0.1) is 0 Å². The summed E-state index contributed by atoms with van der Waals surface area (Å²) in [5, 5.41) is 0.445. The minimum absolute atomic E-state index is 0. The summed E-state index contributed by atoms with van der Waals surface area (Å²) in [6, 6.07) is 0. The number of thiazole rings is 1. The van der Waals surface area contributed by atoms with Crippen molar-refractivity contribution < 1.29 is 4.79 Å². The van der Waals surface area contributed by atoms with Gasteiger partial charge >= 0.3 is 0 Å². The molecule has 2 heterocycles. The van der Waals surface area contributed by atoms with Crippen LogP contribution in [0.25, 0.3) is 0 Å². The molecule has 78 valence electrons. The number of primary amides is 1. The summed E-state index contributed by atoms with van der Waals surface area (Å²) >= 11 is 1.43. The maximum Gasteiger partial charge on any atom is 0.277 e. The number of hydrogen-bond acceptors (Lipinski definition) is 4. The number of carbonyl (C=O) groups excluding carboxylic acids is 1. The maximum absolute atomic E-state index is 10.9. The van der Waals surface area contributed by atoms with Gasteiger partial charge in [-0.3, -0.25) is 4.79 Å². The molecule has 0 aromatic carbocycles. The van der Waals surface area contributed by atoms with E-state index in [1.165, 1.54) is 16.2 Å². The average Bonchev–Trinajstić information content (AvgIpc) is 2.46. The summed E-state index contributed by atoms with van der Waals surface area (Å²) in [6.45, 7) is 1.87. The van der Waals surface area contributed by atoms with Crippen LogP contribution in [0.15, 0.2) is 0 Å². The molecule has 1 aromatic heterocycles. The van der Waals surface area contributed by atoms with Gasteiger partial charge in [0.1, 0.15) is 0 Å². The molecule has 2 rings (SSSR count). The van der Waals surface area contributed by atoms with Crippen LogP contribution in [-0.2, 0) is 13.0 Å². The SMILES string of the molecule is CN1CCc2sc(C(N)=O)nc2C1.Cl. The Hall–Kier alpha value is -0.650. The van der Waals surface area contributed by atoms with Gasteiger partial charge in [0.2, 0.25) is 0 Å². The molecule has 4 nitrogen and oxygen atoms in total. The smallest absolute Gasteiger partial charge is 0.277 e. The predicted molar refractivity (Wildman–Crippen MR) is 57.9 cm³/mol. The molecule has 1 aliphatic rings. The van der Waals surface area contributed by atoms with E-state index in [2.05, 4.69) is 9.88 Å². The van der Waals surface area contributed by atoms with Gasteiger partial charge in [-0.25, -0.2) is 4.98 Å². The van der Waals surface area contributed by atoms with Gasteiger partial charge in [-0.2, -0.15) is 0 Å². The number of hydrogen-bond donors (Lipinski definition) is 1. The van der Waals surface area contributed by atoms with Crippen LogP contribution in [0.1, 0.15) is 20.4 Å². The number of nitrogens with two attached hydrogens (primary N) is 1. The third kappa shape index (κ3) is 2.05. The van der Waals surface area contributed by atoms with E-state index in [-0.39, 0.29) is 12.4 Å². The molecule has 1 aliphatic heterocycles. The van der Waals surface area contributed by atoms with Gasteiger partial charge < -0.3 is 10.6 Å². The second kappa shape index (κ2) is 4.25. The van der Waals surface area contributed by atoms with Gasteiger partial charge in [-0.15, -0.1) is 23.7 Å². The number of likely N-dealkylation sites (N-methyl/N-ethyl adjacent to an activating group) is 1. The average molecular weight is 234 g/mol. The van der Waals surface area contributed by atoms with E-state index >= 15 is 0 Å². The summed E-state index contributed by atoms with van der Waals surface area (Å²) in [5.74, 6) is -0.415. The number of nitrogens with zero attached hydrogens (tertiary/aromatic N) is 2. The number of aromatic nitrogens is 1. The lowest BCUT2D eigenvalue weighted by Gasteiger charge is -2.20. The first-order chi connectivity index (χ1) is 6.16. The van der Waals surface area contributed by atoms with E-state index in [9.17, 15) is 4.79 Å². The third-order valence-electron chi connectivity index (χ3n) is 2.13. The number of rotatable bonds is 1. The van der Waals surface area contributed by atoms with Crippen molar-refractivity contribution in [1.82, 2.24) is 9.88 Å². The Bertz CT molecular complexity index is 352. The highest BCUT2D eigenvalue weighted by molar-refractivity contribution is 7.13. The molecule has 0 aliphatic carbocycles. The molecule has 14 heavy (non-hydrogen) atoms. The quantitative estimate of drug-likeness (QED) is 0.775. The lowest BCUT2D eigenvalue weighted by atomic mass is 10.2. The first-order valence-corrected chi connectivity index (χ1v) is 4.95. The van der Waals surface area contributed by atoms with E-state index in [4.69, 9.17) is 5.73 Å². The van der Waals surface area contributed by atoms with E-state index in [0.29, 0.717) is 5.01 Å². The Kier molecular flexibility index (Phi) is 3.47. The second-order valence-electron chi connectivity index (χ2n) is 3.24. The zero-order valence-electron chi connectivity index (χ0n) is 7.82. The molecule has 0 atom stereocenters. The summed E-state index contributed by atoms with van der Waals surface area (Å²) in [4.78, 5) is 18.5. The fraction of sp³-hybridized carbons (Fsp3) is 0.500. The highest BCUT2D eigenvalue weighted by atomic mass is 35.5. The fourth-order valence-corrected chi connectivity index (χ4v) is 2.35. The summed E-state index contributed by atoms with van der Waals surface area (Å²) in [6.07, 6.45) is 0.983. The molecule has 0 unspecified atom stereocenters.